The fourth-order valence-electron chi connectivity index (χ4n) is 2.31. The first-order valence-corrected chi connectivity index (χ1v) is 6.09. The molecule has 0 radical (unpaired) electrons. The topological polar surface area (TPSA) is 29.5 Å². The molecule has 1 unspecified atom stereocenters. The highest BCUT2D eigenvalue weighted by Crippen LogP contribution is 2.22. The fraction of sp³-hybridized carbons (Fsp3) is 0.500. The van der Waals surface area contributed by atoms with Crippen LogP contribution >= 0.6 is 0 Å². The van der Waals surface area contributed by atoms with Crippen LogP contribution in [0.4, 0.5) is 5.69 Å². The summed E-state index contributed by atoms with van der Waals surface area (Å²) >= 11 is 0. The van der Waals surface area contributed by atoms with Crippen molar-refractivity contribution in [2.24, 2.45) is 0 Å². The van der Waals surface area contributed by atoms with E-state index in [0.29, 0.717) is 6.10 Å². The van der Waals surface area contributed by atoms with E-state index >= 15 is 0 Å². The van der Waals surface area contributed by atoms with Gasteiger partial charge in [-0.15, -0.1) is 0 Å². The summed E-state index contributed by atoms with van der Waals surface area (Å²) in [6, 6.07) is 5.97. The number of likely N-dealkylation sites (N-methyl/N-ethyl adjacent to an activating group) is 1. The van der Waals surface area contributed by atoms with Gasteiger partial charge in [-0.25, -0.2) is 0 Å². The maximum Gasteiger partial charge on any atom is 0.152 e. The number of rotatable bonds is 4. The lowest BCUT2D eigenvalue weighted by Crippen LogP contribution is -2.29. The number of ether oxygens (including phenoxy) is 1. The highest BCUT2D eigenvalue weighted by molar-refractivity contribution is 5.84. The Kier molecular flexibility index (Phi) is 3.79. The molecule has 1 saturated heterocycles. The van der Waals surface area contributed by atoms with Gasteiger partial charge in [0.25, 0.3) is 0 Å². The molecule has 0 N–H and O–H groups in total. The van der Waals surface area contributed by atoms with E-state index in [4.69, 9.17) is 4.74 Å². The van der Waals surface area contributed by atoms with E-state index in [2.05, 4.69) is 4.90 Å². The predicted octanol–water partition coefficient (Wildman–Crippen LogP) is 2.42. The van der Waals surface area contributed by atoms with E-state index in [-0.39, 0.29) is 0 Å². The zero-order chi connectivity index (χ0) is 12.3. The molecule has 1 atom stereocenters. The molecule has 0 aliphatic carbocycles. The molecule has 1 aliphatic heterocycles. The first-order chi connectivity index (χ1) is 8.20. The Hall–Kier alpha value is -1.35. The molecular formula is C14H19NO2. The van der Waals surface area contributed by atoms with Crippen molar-refractivity contribution in [3.05, 3.63) is 29.3 Å². The summed E-state index contributed by atoms with van der Waals surface area (Å²) in [4.78, 5) is 13.2. The average Bonchev–Trinajstić information content (AvgIpc) is 2.81. The van der Waals surface area contributed by atoms with Crippen molar-refractivity contribution in [2.75, 3.05) is 25.1 Å². The summed E-state index contributed by atoms with van der Waals surface area (Å²) in [7, 11) is 2.01. The monoisotopic (exact) mass is 233 g/mol. The van der Waals surface area contributed by atoms with Crippen LogP contribution in [0.1, 0.15) is 28.8 Å². The van der Waals surface area contributed by atoms with E-state index in [0.717, 1.165) is 49.1 Å². The second-order valence-electron chi connectivity index (χ2n) is 4.70. The van der Waals surface area contributed by atoms with Gasteiger partial charge in [0.2, 0.25) is 0 Å². The van der Waals surface area contributed by atoms with Gasteiger partial charge in [-0.05, 0) is 31.9 Å². The summed E-state index contributed by atoms with van der Waals surface area (Å²) in [5, 5.41) is 0. The molecule has 1 fully saturated rings. The first kappa shape index (κ1) is 12.1. The lowest BCUT2D eigenvalue weighted by Gasteiger charge is -2.24. The first-order valence-electron chi connectivity index (χ1n) is 6.09. The van der Waals surface area contributed by atoms with Gasteiger partial charge in [0.1, 0.15) is 0 Å². The van der Waals surface area contributed by atoms with Gasteiger partial charge < -0.3 is 9.64 Å². The van der Waals surface area contributed by atoms with E-state index in [1.54, 1.807) is 0 Å². The Morgan fingerprint density at radius 1 is 1.53 bits per heavy atom. The van der Waals surface area contributed by atoms with Crippen molar-refractivity contribution in [3.8, 4) is 0 Å². The van der Waals surface area contributed by atoms with Gasteiger partial charge in [-0.3, -0.25) is 4.79 Å². The Balaban J connectivity index is 2.11. The smallest absolute Gasteiger partial charge is 0.152 e. The zero-order valence-electron chi connectivity index (χ0n) is 10.5. The number of carbonyl (C=O) groups excluding carboxylic acids is 1. The normalized spacial score (nSPS) is 19.3. The van der Waals surface area contributed by atoms with Crippen LogP contribution < -0.4 is 4.90 Å². The van der Waals surface area contributed by atoms with Crippen LogP contribution in [-0.4, -0.2) is 32.6 Å². The van der Waals surface area contributed by atoms with E-state index in [1.807, 2.05) is 32.2 Å². The summed E-state index contributed by atoms with van der Waals surface area (Å²) in [6.45, 7) is 3.72. The van der Waals surface area contributed by atoms with Gasteiger partial charge in [-0.1, -0.05) is 11.6 Å². The average molecular weight is 233 g/mol. The predicted molar refractivity (Wildman–Crippen MR) is 68.8 cm³/mol. The molecule has 3 nitrogen and oxygen atoms in total. The number of hydrogen-bond acceptors (Lipinski definition) is 3. The molecule has 0 amide bonds. The molecular weight excluding hydrogens is 214 g/mol. The van der Waals surface area contributed by atoms with Crippen LogP contribution in [0.25, 0.3) is 0 Å². The SMILES string of the molecule is Cc1ccc(N(C)CC2CCCO2)c(C=O)c1. The molecule has 0 bridgehead atoms. The maximum atomic E-state index is 11.1. The molecule has 0 aromatic heterocycles. The van der Waals surface area contributed by atoms with Gasteiger partial charge >= 0.3 is 0 Å². The summed E-state index contributed by atoms with van der Waals surface area (Å²) in [6.07, 6.45) is 3.49. The Labute approximate surface area is 102 Å². The third-order valence-corrected chi connectivity index (χ3v) is 3.22. The van der Waals surface area contributed by atoms with Crippen molar-refractivity contribution in [2.45, 2.75) is 25.9 Å². The van der Waals surface area contributed by atoms with Crippen molar-refractivity contribution in [3.63, 3.8) is 0 Å². The molecule has 92 valence electrons. The number of nitrogens with zero attached hydrogens (tertiary/aromatic N) is 1. The van der Waals surface area contributed by atoms with Gasteiger partial charge in [0, 0.05) is 31.5 Å². The highest BCUT2D eigenvalue weighted by atomic mass is 16.5. The van der Waals surface area contributed by atoms with Crippen LogP contribution in [0.2, 0.25) is 0 Å². The number of aryl methyl sites for hydroxylation is 1. The molecule has 0 saturated carbocycles. The maximum absolute atomic E-state index is 11.1. The second-order valence-corrected chi connectivity index (χ2v) is 4.70. The van der Waals surface area contributed by atoms with Gasteiger partial charge in [0.15, 0.2) is 6.29 Å². The zero-order valence-corrected chi connectivity index (χ0v) is 10.5. The van der Waals surface area contributed by atoms with Gasteiger partial charge in [0.05, 0.1) is 6.10 Å². The van der Waals surface area contributed by atoms with Gasteiger partial charge in [-0.2, -0.15) is 0 Å². The molecule has 0 spiro atoms. The number of aldehydes is 1. The minimum atomic E-state index is 0.306. The molecule has 2 rings (SSSR count). The summed E-state index contributed by atoms with van der Waals surface area (Å²) < 4.78 is 5.61. The third-order valence-electron chi connectivity index (χ3n) is 3.22. The van der Waals surface area contributed by atoms with Crippen molar-refractivity contribution < 1.29 is 9.53 Å². The Bertz CT molecular complexity index is 397. The molecule has 1 aromatic carbocycles. The third kappa shape index (κ3) is 2.86. The van der Waals surface area contributed by atoms with Crippen molar-refractivity contribution in [1.82, 2.24) is 0 Å². The standard InChI is InChI=1S/C14H19NO2/c1-11-5-6-14(12(8-11)10-16)15(2)9-13-4-3-7-17-13/h5-6,8,10,13H,3-4,7,9H2,1-2H3. The number of hydrogen-bond donors (Lipinski definition) is 0. The van der Waals surface area contributed by atoms with E-state index in [1.165, 1.54) is 0 Å². The van der Waals surface area contributed by atoms with E-state index < -0.39 is 0 Å². The minimum absolute atomic E-state index is 0.306. The molecule has 1 aromatic rings. The number of carbonyl (C=O) groups is 1. The van der Waals surface area contributed by atoms with Crippen LogP contribution in [0.3, 0.4) is 0 Å². The molecule has 1 aliphatic rings. The lowest BCUT2D eigenvalue weighted by atomic mass is 10.1. The molecule has 3 heteroatoms. The van der Waals surface area contributed by atoms with Crippen LogP contribution in [0, 0.1) is 6.92 Å². The Morgan fingerprint density at radius 3 is 3.00 bits per heavy atom. The summed E-state index contributed by atoms with van der Waals surface area (Å²) in [5.41, 5.74) is 2.85. The van der Waals surface area contributed by atoms with Crippen LogP contribution in [-0.2, 0) is 4.74 Å². The van der Waals surface area contributed by atoms with E-state index in [9.17, 15) is 4.79 Å². The molecule has 17 heavy (non-hydrogen) atoms. The second kappa shape index (κ2) is 5.32. The van der Waals surface area contributed by atoms with Crippen molar-refractivity contribution in [1.29, 1.82) is 0 Å². The van der Waals surface area contributed by atoms with Crippen molar-refractivity contribution >= 4 is 12.0 Å². The summed E-state index contributed by atoms with van der Waals surface area (Å²) in [5.74, 6) is 0. The largest absolute Gasteiger partial charge is 0.376 e. The highest BCUT2D eigenvalue weighted by Gasteiger charge is 2.18. The number of benzene rings is 1. The van der Waals surface area contributed by atoms with Crippen LogP contribution in [0.15, 0.2) is 18.2 Å². The molecule has 1 heterocycles. The van der Waals surface area contributed by atoms with Crippen LogP contribution in [0.5, 0.6) is 0 Å². The quantitative estimate of drug-likeness (QED) is 0.748. The fourth-order valence-corrected chi connectivity index (χ4v) is 2.31. The number of anilines is 1. The lowest BCUT2D eigenvalue weighted by molar-refractivity contribution is 0.111. The Morgan fingerprint density at radius 2 is 2.35 bits per heavy atom. The minimum Gasteiger partial charge on any atom is -0.376 e.